The van der Waals surface area contributed by atoms with Gasteiger partial charge in [0.25, 0.3) is 0 Å². The van der Waals surface area contributed by atoms with Gasteiger partial charge in [-0.3, -0.25) is 0 Å². The van der Waals surface area contributed by atoms with Crippen molar-refractivity contribution in [2.24, 2.45) is 4.99 Å². The summed E-state index contributed by atoms with van der Waals surface area (Å²) in [5.74, 6) is 1.14. The minimum absolute atomic E-state index is 1.03. The van der Waals surface area contributed by atoms with Crippen molar-refractivity contribution in [2.45, 2.75) is 0 Å². The molecule has 0 bridgehead atoms. The third-order valence-corrected chi connectivity index (χ3v) is 3.62. The zero-order chi connectivity index (χ0) is 11.5. The molecule has 16 heavy (non-hydrogen) atoms. The van der Waals surface area contributed by atoms with Crippen molar-refractivity contribution >= 4 is 28.3 Å². The van der Waals surface area contributed by atoms with Gasteiger partial charge in [0.05, 0.1) is 5.69 Å². The van der Waals surface area contributed by atoms with Crippen molar-refractivity contribution in [1.82, 2.24) is 4.90 Å². The van der Waals surface area contributed by atoms with Crippen LogP contribution in [0.2, 0.25) is 0 Å². The highest BCUT2D eigenvalue weighted by Crippen LogP contribution is 2.23. The number of hydrogen-bond acceptors (Lipinski definition) is 3. The molecule has 0 aliphatic carbocycles. The molecule has 0 radical (unpaired) electrons. The van der Waals surface area contributed by atoms with E-state index in [1.165, 1.54) is 5.69 Å². The summed E-state index contributed by atoms with van der Waals surface area (Å²) >= 11 is 1.82. The first-order valence-corrected chi connectivity index (χ1v) is 6.35. The van der Waals surface area contributed by atoms with Gasteiger partial charge in [-0.1, -0.05) is 11.8 Å². The van der Waals surface area contributed by atoms with E-state index in [-0.39, 0.29) is 0 Å². The standard InChI is InChI=1S/C12H17N3S/c1-14(2)11-6-4-10(5-7-11)13-12-15(3)8-9-16-12/h4-7H,8-9H2,1-3H3. The van der Waals surface area contributed by atoms with Crippen LogP contribution in [0.15, 0.2) is 29.3 Å². The number of hydrogen-bond donors (Lipinski definition) is 0. The lowest BCUT2D eigenvalue weighted by Crippen LogP contribution is -2.17. The van der Waals surface area contributed by atoms with Crippen LogP contribution >= 0.6 is 11.8 Å². The molecule has 2 rings (SSSR count). The molecule has 0 unspecified atom stereocenters. The van der Waals surface area contributed by atoms with E-state index in [2.05, 4.69) is 46.1 Å². The molecule has 0 saturated carbocycles. The summed E-state index contributed by atoms with van der Waals surface area (Å²) in [6.45, 7) is 1.10. The Morgan fingerprint density at radius 3 is 2.44 bits per heavy atom. The Hall–Kier alpha value is -1.16. The van der Waals surface area contributed by atoms with Gasteiger partial charge in [0, 0.05) is 39.1 Å². The van der Waals surface area contributed by atoms with E-state index in [4.69, 9.17) is 0 Å². The molecular weight excluding hydrogens is 218 g/mol. The molecular formula is C12H17N3S. The fraction of sp³-hybridized carbons (Fsp3) is 0.417. The summed E-state index contributed by atoms with van der Waals surface area (Å²) in [6.07, 6.45) is 0. The number of amidine groups is 1. The second kappa shape index (κ2) is 4.78. The Bertz CT molecular complexity index is 384. The second-order valence-electron chi connectivity index (χ2n) is 4.08. The molecule has 1 aromatic rings. The average Bonchev–Trinajstić information content (AvgIpc) is 2.65. The maximum absolute atomic E-state index is 4.63. The maximum atomic E-state index is 4.63. The first-order chi connectivity index (χ1) is 7.66. The number of aliphatic imine (C=N–C) groups is 1. The highest BCUT2D eigenvalue weighted by molar-refractivity contribution is 8.14. The fourth-order valence-electron chi connectivity index (χ4n) is 1.53. The number of rotatable bonds is 2. The monoisotopic (exact) mass is 235 g/mol. The molecule has 86 valence electrons. The Morgan fingerprint density at radius 2 is 1.94 bits per heavy atom. The van der Waals surface area contributed by atoms with Crippen molar-refractivity contribution in [1.29, 1.82) is 0 Å². The van der Waals surface area contributed by atoms with Crippen LogP contribution in [0.3, 0.4) is 0 Å². The number of nitrogens with zero attached hydrogens (tertiary/aromatic N) is 3. The lowest BCUT2D eigenvalue weighted by Gasteiger charge is -2.12. The first kappa shape index (κ1) is 11.3. The van der Waals surface area contributed by atoms with Gasteiger partial charge in [-0.05, 0) is 24.3 Å². The average molecular weight is 235 g/mol. The summed E-state index contributed by atoms with van der Waals surface area (Å²) < 4.78 is 0. The van der Waals surface area contributed by atoms with Crippen molar-refractivity contribution in [3.63, 3.8) is 0 Å². The van der Waals surface area contributed by atoms with Gasteiger partial charge in [0.1, 0.15) is 0 Å². The predicted molar refractivity (Wildman–Crippen MR) is 73.0 cm³/mol. The third kappa shape index (κ3) is 2.50. The molecule has 1 aliphatic heterocycles. The topological polar surface area (TPSA) is 18.8 Å². The van der Waals surface area contributed by atoms with Gasteiger partial charge in [-0.25, -0.2) is 4.99 Å². The number of benzene rings is 1. The van der Waals surface area contributed by atoms with Crippen molar-refractivity contribution in [2.75, 3.05) is 38.3 Å². The fourth-order valence-corrected chi connectivity index (χ4v) is 2.56. The molecule has 4 heteroatoms. The van der Waals surface area contributed by atoms with Crippen molar-refractivity contribution < 1.29 is 0 Å². The minimum atomic E-state index is 1.03. The molecule has 0 atom stereocenters. The van der Waals surface area contributed by atoms with Gasteiger partial charge in [0.15, 0.2) is 5.17 Å². The highest BCUT2D eigenvalue weighted by atomic mass is 32.2. The normalized spacial score (nSPS) is 18.2. The summed E-state index contributed by atoms with van der Waals surface area (Å²) in [4.78, 5) is 8.92. The zero-order valence-corrected chi connectivity index (χ0v) is 10.8. The van der Waals surface area contributed by atoms with E-state index in [9.17, 15) is 0 Å². The van der Waals surface area contributed by atoms with E-state index in [0.29, 0.717) is 0 Å². The largest absolute Gasteiger partial charge is 0.378 e. The lowest BCUT2D eigenvalue weighted by molar-refractivity contribution is 0.563. The predicted octanol–water partition coefficient (Wildman–Crippen LogP) is 2.42. The molecule has 1 fully saturated rings. The quantitative estimate of drug-likeness (QED) is 0.784. The second-order valence-corrected chi connectivity index (χ2v) is 5.14. The van der Waals surface area contributed by atoms with E-state index in [0.717, 1.165) is 23.2 Å². The van der Waals surface area contributed by atoms with Crippen molar-refractivity contribution in [3.8, 4) is 0 Å². The molecule has 1 heterocycles. The number of thioether (sulfide) groups is 1. The molecule has 1 aliphatic rings. The minimum Gasteiger partial charge on any atom is -0.378 e. The number of anilines is 1. The van der Waals surface area contributed by atoms with Gasteiger partial charge in [-0.2, -0.15) is 0 Å². The van der Waals surface area contributed by atoms with E-state index >= 15 is 0 Å². The molecule has 0 amide bonds. The lowest BCUT2D eigenvalue weighted by atomic mass is 10.3. The van der Waals surface area contributed by atoms with Crippen LogP contribution in [0, 0.1) is 0 Å². The summed E-state index contributed by atoms with van der Waals surface area (Å²) in [6, 6.07) is 8.32. The molecule has 1 saturated heterocycles. The zero-order valence-electron chi connectivity index (χ0n) is 9.97. The van der Waals surface area contributed by atoms with Gasteiger partial charge in [0.2, 0.25) is 0 Å². The van der Waals surface area contributed by atoms with Crippen molar-refractivity contribution in [3.05, 3.63) is 24.3 Å². The first-order valence-electron chi connectivity index (χ1n) is 5.37. The Morgan fingerprint density at radius 1 is 1.25 bits per heavy atom. The van der Waals surface area contributed by atoms with Crippen LogP contribution in [-0.2, 0) is 0 Å². The molecule has 0 spiro atoms. The Balaban J connectivity index is 2.16. The molecule has 0 N–H and O–H groups in total. The van der Waals surface area contributed by atoms with E-state index < -0.39 is 0 Å². The summed E-state index contributed by atoms with van der Waals surface area (Å²) in [5.41, 5.74) is 2.23. The Labute approximate surface area is 101 Å². The van der Waals surface area contributed by atoms with Crippen LogP contribution in [0.25, 0.3) is 0 Å². The van der Waals surface area contributed by atoms with Crippen LogP contribution in [0.1, 0.15) is 0 Å². The van der Waals surface area contributed by atoms with Crippen LogP contribution in [0.5, 0.6) is 0 Å². The molecule has 1 aromatic carbocycles. The summed E-state index contributed by atoms with van der Waals surface area (Å²) in [5, 5.41) is 1.12. The van der Waals surface area contributed by atoms with Crippen LogP contribution in [0.4, 0.5) is 11.4 Å². The van der Waals surface area contributed by atoms with Gasteiger partial charge < -0.3 is 9.80 Å². The van der Waals surface area contributed by atoms with Crippen LogP contribution < -0.4 is 4.90 Å². The highest BCUT2D eigenvalue weighted by Gasteiger charge is 2.14. The Kier molecular flexibility index (Phi) is 3.39. The maximum Gasteiger partial charge on any atom is 0.164 e. The van der Waals surface area contributed by atoms with E-state index in [1.807, 2.05) is 25.9 Å². The van der Waals surface area contributed by atoms with E-state index in [1.54, 1.807) is 0 Å². The third-order valence-electron chi connectivity index (χ3n) is 2.58. The van der Waals surface area contributed by atoms with Gasteiger partial charge >= 0.3 is 0 Å². The van der Waals surface area contributed by atoms with Gasteiger partial charge in [-0.15, -0.1) is 0 Å². The smallest absolute Gasteiger partial charge is 0.164 e. The summed E-state index contributed by atoms with van der Waals surface area (Å²) in [7, 11) is 6.18. The molecule has 0 aromatic heterocycles. The van der Waals surface area contributed by atoms with Crippen LogP contribution in [-0.4, -0.2) is 43.5 Å². The molecule has 3 nitrogen and oxygen atoms in total. The SMILES string of the molecule is CN1CCSC1=Nc1ccc(N(C)C)cc1.